The highest BCUT2D eigenvalue weighted by Crippen LogP contribution is 3.03. The molecule has 0 N–H and O–H groups in total. The predicted molar refractivity (Wildman–Crippen MR) is 309 cm³/mol. The van der Waals surface area contributed by atoms with Crippen LogP contribution in [0, 0.1) is 11.8 Å². The first-order chi connectivity index (χ1) is 29.0. The van der Waals surface area contributed by atoms with Gasteiger partial charge in [-0.25, -0.2) is 0 Å². The summed E-state index contributed by atoms with van der Waals surface area (Å²) >= 11 is 33.9. The number of rotatable bonds is 42. The van der Waals surface area contributed by atoms with Crippen LogP contribution < -0.4 is 0 Å². The minimum Gasteiger partial charge on any atom is -0.374 e. The lowest BCUT2D eigenvalue weighted by Crippen LogP contribution is -2.48. The van der Waals surface area contributed by atoms with Gasteiger partial charge in [0.1, 0.15) is 3.41 Å². The second-order valence-electron chi connectivity index (χ2n) is 14.5. The Bertz CT molecular complexity index is 964. The Kier molecular flexibility index (Phi) is 37.3. The lowest BCUT2D eigenvalue weighted by atomic mass is 9.98. The zero-order chi connectivity index (χ0) is 46.7. The maximum absolute atomic E-state index is 6.38. The molecule has 0 radical (unpaired) electrons. The van der Waals surface area contributed by atoms with E-state index in [1.165, 1.54) is 0 Å². The van der Waals surface area contributed by atoms with Crippen LogP contribution in [-0.2, 0) is 39.8 Å². The summed E-state index contributed by atoms with van der Waals surface area (Å²) in [6, 6.07) is 2.02. The second kappa shape index (κ2) is 34.8. The average Bonchev–Trinajstić information content (AvgIpc) is 3.21. The molecule has 0 aromatic carbocycles. The van der Waals surface area contributed by atoms with Gasteiger partial charge in [0, 0.05) is 77.6 Å². The summed E-state index contributed by atoms with van der Waals surface area (Å²) in [4.78, 5) is 0. The number of hydrogen-bond acceptors (Lipinski definition) is 18. The van der Waals surface area contributed by atoms with Crippen LogP contribution in [0.5, 0.6) is 0 Å². The van der Waals surface area contributed by atoms with E-state index in [0.29, 0.717) is 83.5 Å². The smallest absolute Gasteiger partial charge is 0.374 e. The van der Waals surface area contributed by atoms with Gasteiger partial charge < -0.3 is 39.8 Å². The van der Waals surface area contributed by atoms with Gasteiger partial charge in [0.05, 0.1) is 0 Å². The van der Waals surface area contributed by atoms with Crippen molar-refractivity contribution in [2.75, 3.05) is 76.7 Å². The quantitative estimate of drug-likeness (QED) is 0.0200. The van der Waals surface area contributed by atoms with Crippen molar-refractivity contribution in [1.29, 1.82) is 0 Å². The van der Waals surface area contributed by atoms with Crippen molar-refractivity contribution >= 4 is 150 Å². The standard InChI is InChI=1S/C37H88O9S12Si3/c1-13-35(11)27-23-28-36(12)37(56(50,53-47)29-24-32-59(38-14-2,39-15-3)40-16-4,57(51,54-48)30-25-33-60(41-17-5,42-18-6)43-19-7)58(52,55-49)31-26-34-61(44-20-8,45-21-9)46-22-10/h35-36,47-52H,13-34H2,1-12H3. The molecule has 0 aliphatic heterocycles. The Morgan fingerprint density at radius 3 is 0.869 bits per heavy atom. The molecule has 61 heavy (non-hydrogen) atoms. The van der Waals surface area contributed by atoms with Crippen molar-refractivity contribution in [3.05, 3.63) is 0 Å². The van der Waals surface area contributed by atoms with Gasteiger partial charge in [-0.1, -0.05) is 40.0 Å². The molecule has 0 heterocycles. The summed E-state index contributed by atoms with van der Waals surface area (Å²) in [7, 11) is -10.3. The van der Waals surface area contributed by atoms with Crippen LogP contribution in [0.3, 0.4) is 0 Å². The highest BCUT2D eigenvalue weighted by atomic mass is 33.8. The Morgan fingerprint density at radius 2 is 0.672 bits per heavy atom. The van der Waals surface area contributed by atoms with Crippen LogP contribution in [0.15, 0.2) is 0 Å². The third-order valence-electron chi connectivity index (χ3n) is 10.3. The van der Waals surface area contributed by atoms with Gasteiger partial charge in [-0.2, -0.15) is 0 Å². The molecule has 0 saturated carbocycles. The SMILES string of the molecule is CCO[Si](CCCS(S)(SS)C(C(C)CCCC(C)CC)(S(S)(CCC[Si](OCC)(OCC)OCC)SS)S(S)(CCC[Si](OCC)(OCC)OCC)SS)(OCC)OCC. The van der Waals surface area contributed by atoms with Crippen LogP contribution in [0.4, 0.5) is 0 Å². The van der Waals surface area contributed by atoms with Crippen molar-refractivity contribution in [1.82, 2.24) is 0 Å². The molecular weight excluding hydrogens is 1060 g/mol. The van der Waals surface area contributed by atoms with E-state index >= 15 is 0 Å². The average molecular weight is 1150 g/mol. The van der Waals surface area contributed by atoms with Crippen LogP contribution in [0.25, 0.3) is 0 Å². The first kappa shape index (κ1) is 65.5. The molecule has 0 saturated heterocycles. The van der Waals surface area contributed by atoms with E-state index in [9.17, 15) is 0 Å². The zero-order valence-corrected chi connectivity index (χ0v) is 52.8. The monoisotopic (exact) mass is 1140 g/mol. The number of hydrogen-bond donors (Lipinski definition) is 6. The summed E-state index contributed by atoms with van der Waals surface area (Å²) in [6.45, 7) is 29.9. The van der Waals surface area contributed by atoms with Crippen LogP contribution >= 0.6 is 124 Å². The largest absolute Gasteiger partial charge is 0.500 e. The highest BCUT2D eigenvalue weighted by molar-refractivity contribution is 9.48. The molecule has 0 rings (SSSR count). The van der Waals surface area contributed by atoms with E-state index in [1.807, 2.05) is 62.3 Å². The number of thiol groups is 6. The fourth-order valence-corrected chi connectivity index (χ4v) is 63.4. The first-order valence-corrected chi connectivity index (χ1v) is 43.8. The van der Waals surface area contributed by atoms with Crippen LogP contribution in [0.2, 0.25) is 18.1 Å². The maximum Gasteiger partial charge on any atom is 0.500 e. The maximum atomic E-state index is 6.38. The van der Waals surface area contributed by atoms with E-state index in [4.69, 9.17) is 110 Å². The Balaban J connectivity index is 8.13. The summed E-state index contributed by atoms with van der Waals surface area (Å²) in [5.74, 6) is 3.06. The van der Waals surface area contributed by atoms with Crippen molar-refractivity contribution in [2.24, 2.45) is 11.8 Å². The van der Waals surface area contributed by atoms with Gasteiger partial charge in [0.25, 0.3) is 0 Å². The van der Waals surface area contributed by atoms with Crippen molar-refractivity contribution in [3.8, 4) is 0 Å². The molecule has 0 aromatic heterocycles. The van der Waals surface area contributed by atoms with Gasteiger partial charge in [-0.15, -0.1) is 94.2 Å². The van der Waals surface area contributed by atoms with Crippen molar-refractivity contribution in [3.63, 3.8) is 0 Å². The predicted octanol–water partition coefficient (Wildman–Crippen LogP) is 15.2. The van der Waals surface area contributed by atoms with Crippen LogP contribution in [-0.4, -0.2) is 107 Å². The molecule has 9 nitrogen and oxygen atoms in total. The van der Waals surface area contributed by atoms with E-state index in [2.05, 4.69) is 20.8 Å². The minimum absolute atomic E-state index is 0.135. The molecule has 0 aliphatic carbocycles. The second-order valence-corrected chi connectivity index (χ2v) is 49.2. The molecule has 24 heteroatoms. The zero-order valence-electron chi connectivity index (χ0n) is 39.5. The fourth-order valence-electron chi connectivity index (χ4n) is 7.86. The Labute approximate surface area is 423 Å². The molecule has 0 fully saturated rings. The molecule has 0 aliphatic rings. The van der Waals surface area contributed by atoms with Crippen molar-refractivity contribution in [2.45, 2.75) is 150 Å². The molecule has 0 aromatic rings. The van der Waals surface area contributed by atoms with Gasteiger partial charge >= 0.3 is 26.4 Å². The Morgan fingerprint density at radius 1 is 0.426 bits per heavy atom. The van der Waals surface area contributed by atoms with Gasteiger partial charge in [0.2, 0.25) is 0 Å². The van der Waals surface area contributed by atoms with Gasteiger partial charge in [0.15, 0.2) is 0 Å². The molecular formula is C37H88O9S12Si3. The lowest BCUT2D eigenvalue weighted by Gasteiger charge is -2.70. The van der Waals surface area contributed by atoms with Gasteiger partial charge in [-0.05, 0) is 147 Å². The molecule has 5 atom stereocenters. The summed E-state index contributed by atoms with van der Waals surface area (Å²) in [5, 5.41) is 0. The Hall–Kier alpha value is 4.49. The fraction of sp³-hybridized carbons (Fsp3) is 1.00. The molecule has 5 unspecified atom stereocenters. The molecule has 0 bridgehead atoms. The van der Waals surface area contributed by atoms with E-state index in [-0.39, 0.29) is 5.92 Å². The summed E-state index contributed by atoms with van der Waals surface area (Å²) in [5.41, 5.74) is 0. The molecule has 0 spiro atoms. The first-order valence-electron chi connectivity index (χ1n) is 22.3. The van der Waals surface area contributed by atoms with E-state index < -0.39 is 54.1 Å². The lowest BCUT2D eigenvalue weighted by molar-refractivity contribution is 0.0704. The molecule has 0 amide bonds. The normalized spacial score (nSPS) is 19.6. The van der Waals surface area contributed by atoms with Crippen LogP contribution in [0.1, 0.15) is 128 Å². The topological polar surface area (TPSA) is 83.1 Å². The van der Waals surface area contributed by atoms with Crippen molar-refractivity contribution < 1.29 is 39.8 Å². The van der Waals surface area contributed by atoms with E-state index in [0.717, 1.165) is 62.2 Å². The summed E-state index contributed by atoms with van der Waals surface area (Å²) in [6.07, 6.45) is 6.72. The third kappa shape index (κ3) is 19.2. The summed E-state index contributed by atoms with van der Waals surface area (Å²) < 4.78 is 56.9. The van der Waals surface area contributed by atoms with Gasteiger partial charge in [-0.3, -0.25) is 0 Å². The van der Waals surface area contributed by atoms with E-state index in [1.54, 1.807) is 29.5 Å². The third-order valence-corrected chi connectivity index (χ3v) is 58.5. The molecule has 374 valence electrons. The minimum atomic E-state index is -2.97. The highest BCUT2D eigenvalue weighted by Gasteiger charge is 2.67.